The fraction of sp³-hybridized carbons (Fsp3) is 0.417. The van der Waals surface area contributed by atoms with Crippen molar-refractivity contribution in [3.8, 4) is 0 Å². The molecule has 0 aromatic heterocycles. The van der Waals surface area contributed by atoms with Crippen LogP contribution < -0.4 is 5.32 Å². The zero-order chi connectivity index (χ0) is 11.8. The van der Waals surface area contributed by atoms with E-state index < -0.39 is 11.6 Å². The van der Waals surface area contributed by atoms with E-state index >= 15 is 0 Å². The lowest BCUT2D eigenvalue weighted by atomic mass is 10.0. The molecule has 1 atom stereocenters. The molecule has 2 N–H and O–H groups in total. The van der Waals surface area contributed by atoms with E-state index in [2.05, 4.69) is 5.32 Å². The number of halogens is 1. The Balaban J connectivity index is 2.15. The molecule has 1 aromatic rings. The van der Waals surface area contributed by atoms with Crippen LogP contribution in [-0.4, -0.2) is 16.6 Å². The number of rotatable bonds is 3. The lowest BCUT2D eigenvalue weighted by Crippen LogP contribution is -2.40. The fourth-order valence-corrected chi connectivity index (χ4v) is 2.04. The fourth-order valence-electron chi connectivity index (χ4n) is 1.92. The Bertz CT molecular complexity index is 398. The predicted octanol–water partition coefficient (Wildman–Crippen LogP) is 2.04. The monoisotopic (exact) mass is 239 g/mol. The number of amides is 1. The molecule has 2 rings (SSSR count). The Morgan fingerprint density at radius 2 is 2.00 bits per heavy atom. The number of aliphatic hydroxyl groups excluding tert-OH is 1. The standard InChI is InChI=1S/C12H14ClNO2/c1-8(15)14-12(6-7-12)11(16)9-2-4-10(13)5-3-9/h2-5,11,16H,6-7H2,1H3,(H,14,15). The minimum absolute atomic E-state index is 0.106. The number of carbonyl (C=O) groups excluding carboxylic acids is 1. The molecule has 1 fully saturated rings. The first kappa shape index (κ1) is 11.4. The minimum Gasteiger partial charge on any atom is -0.386 e. The van der Waals surface area contributed by atoms with Crippen molar-refractivity contribution in [2.75, 3.05) is 0 Å². The summed E-state index contributed by atoms with van der Waals surface area (Å²) in [7, 11) is 0. The van der Waals surface area contributed by atoms with E-state index in [1.54, 1.807) is 24.3 Å². The zero-order valence-corrected chi connectivity index (χ0v) is 9.79. The maximum atomic E-state index is 11.0. The van der Waals surface area contributed by atoms with E-state index in [0.29, 0.717) is 5.02 Å². The maximum Gasteiger partial charge on any atom is 0.217 e. The van der Waals surface area contributed by atoms with Gasteiger partial charge in [0.15, 0.2) is 0 Å². The van der Waals surface area contributed by atoms with Crippen LogP contribution in [0.15, 0.2) is 24.3 Å². The second-order valence-electron chi connectivity index (χ2n) is 4.29. The first-order valence-corrected chi connectivity index (χ1v) is 5.64. The van der Waals surface area contributed by atoms with Gasteiger partial charge < -0.3 is 10.4 Å². The molecule has 86 valence electrons. The van der Waals surface area contributed by atoms with Crippen LogP contribution in [0.2, 0.25) is 5.02 Å². The minimum atomic E-state index is -0.659. The van der Waals surface area contributed by atoms with Gasteiger partial charge >= 0.3 is 0 Å². The van der Waals surface area contributed by atoms with E-state index in [1.807, 2.05) is 0 Å². The van der Waals surface area contributed by atoms with Crippen LogP contribution in [0.3, 0.4) is 0 Å². The topological polar surface area (TPSA) is 49.3 Å². The van der Waals surface area contributed by atoms with Crippen molar-refractivity contribution in [1.29, 1.82) is 0 Å². The molecule has 0 bridgehead atoms. The third-order valence-electron chi connectivity index (χ3n) is 2.92. The van der Waals surface area contributed by atoms with Crippen molar-refractivity contribution in [1.82, 2.24) is 5.32 Å². The van der Waals surface area contributed by atoms with Crippen LogP contribution in [0.4, 0.5) is 0 Å². The number of aliphatic hydroxyl groups is 1. The second-order valence-corrected chi connectivity index (χ2v) is 4.73. The summed E-state index contributed by atoms with van der Waals surface area (Å²) in [5.41, 5.74) is 0.329. The Hall–Kier alpha value is -1.06. The Labute approximate surface area is 99.4 Å². The molecular formula is C12H14ClNO2. The maximum absolute atomic E-state index is 11.0. The Morgan fingerprint density at radius 3 is 2.44 bits per heavy atom. The van der Waals surface area contributed by atoms with Gasteiger partial charge in [-0.2, -0.15) is 0 Å². The average Bonchev–Trinajstić information content (AvgIpc) is 2.98. The van der Waals surface area contributed by atoms with Crippen LogP contribution in [0, 0.1) is 0 Å². The van der Waals surface area contributed by atoms with E-state index in [0.717, 1.165) is 18.4 Å². The lowest BCUT2D eigenvalue weighted by Gasteiger charge is -2.23. The van der Waals surface area contributed by atoms with Gasteiger partial charge in [-0.1, -0.05) is 23.7 Å². The molecule has 1 aromatic carbocycles. The number of hydrogen-bond acceptors (Lipinski definition) is 2. The number of benzene rings is 1. The molecular weight excluding hydrogens is 226 g/mol. The molecule has 0 heterocycles. The van der Waals surface area contributed by atoms with Crippen molar-refractivity contribution >= 4 is 17.5 Å². The average molecular weight is 240 g/mol. The van der Waals surface area contributed by atoms with Crippen LogP contribution in [0.5, 0.6) is 0 Å². The Morgan fingerprint density at radius 1 is 1.44 bits per heavy atom. The van der Waals surface area contributed by atoms with Crippen molar-refractivity contribution < 1.29 is 9.90 Å². The molecule has 4 heteroatoms. The van der Waals surface area contributed by atoms with E-state index in [-0.39, 0.29) is 5.91 Å². The summed E-state index contributed by atoms with van der Waals surface area (Å²) < 4.78 is 0. The summed E-state index contributed by atoms with van der Waals surface area (Å²) in [6.07, 6.45) is 0.973. The van der Waals surface area contributed by atoms with Crippen molar-refractivity contribution in [3.05, 3.63) is 34.9 Å². The van der Waals surface area contributed by atoms with Gasteiger partial charge in [-0.15, -0.1) is 0 Å². The van der Waals surface area contributed by atoms with Crippen molar-refractivity contribution in [2.24, 2.45) is 0 Å². The van der Waals surface area contributed by atoms with Crippen LogP contribution in [0.25, 0.3) is 0 Å². The van der Waals surface area contributed by atoms with Gasteiger partial charge in [-0.25, -0.2) is 0 Å². The van der Waals surface area contributed by atoms with Gasteiger partial charge in [0.2, 0.25) is 5.91 Å². The molecule has 0 radical (unpaired) electrons. The molecule has 16 heavy (non-hydrogen) atoms. The molecule has 0 saturated heterocycles. The van der Waals surface area contributed by atoms with Crippen LogP contribution in [0.1, 0.15) is 31.4 Å². The molecule has 1 amide bonds. The quantitative estimate of drug-likeness (QED) is 0.848. The summed E-state index contributed by atoms with van der Waals surface area (Å²) in [6, 6.07) is 7.05. The number of carbonyl (C=O) groups is 1. The highest BCUT2D eigenvalue weighted by molar-refractivity contribution is 6.30. The van der Waals surface area contributed by atoms with E-state index in [4.69, 9.17) is 11.6 Å². The van der Waals surface area contributed by atoms with Gasteiger partial charge in [-0.3, -0.25) is 4.79 Å². The third-order valence-corrected chi connectivity index (χ3v) is 3.17. The SMILES string of the molecule is CC(=O)NC1(C(O)c2ccc(Cl)cc2)CC1. The van der Waals surface area contributed by atoms with Gasteiger partial charge in [0, 0.05) is 11.9 Å². The number of nitrogens with one attached hydrogen (secondary N) is 1. The number of hydrogen-bond donors (Lipinski definition) is 2. The van der Waals surface area contributed by atoms with Crippen molar-refractivity contribution in [3.63, 3.8) is 0 Å². The van der Waals surface area contributed by atoms with Gasteiger partial charge in [0.1, 0.15) is 6.10 Å². The smallest absolute Gasteiger partial charge is 0.217 e. The van der Waals surface area contributed by atoms with Crippen LogP contribution >= 0.6 is 11.6 Å². The highest BCUT2D eigenvalue weighted by Crippen LogP contribution is 2.45. The lowest BCUT2D eigenvalue weighted by molar-refractivity contribution is -0.121. The predicted molar refractivity (Wildman–Crippen MR) is 62.2 cm³/mol. The van der Waals surface area contributed by atoms with Gasteiger partial charge in [-0.05, 0) is 30.5 Å². The molecule has 1 saturated carbocycles. The second kappa shape index (κ2) is 4.07. The highest BCUT2D eigenvalue weighted by atomic mass is 35.5. The molecule has 1 aliphatic carbocycles. The summed E-state index contributed by atoms with van der Waals surface area (Å²) in [5.74, 6) is -0.106. The molecule has 1 unspecified atom stereocenters. The first-order valence-electron chi connectivity index (χ1n) is 5.26. The summed E-state index contributed by atoms with van der Waals surface area (Å²) >= 11 is 5.78. The van der Waals surface area contributed by atoms with E-state index in [1.165, 1.54) is 6.92 Å². The summed E-state index contributed by atoms with van der Waals surface area (Å²) in [6.45, 7) is 1.47. The van der Waals surface area contributed by atoms with Gasteiger partial charge in [0.25, 0.3) is 0 Å². The normalized spacial score (nSPS) is 18.9. The molecule has 3 nitrogen and oxygen atoms in total. The Kier molecular flexibility index (Phi) is 2.91. The van der Waals surface area contributed by atoms with Crippen molar-refractivity contribution in [2.45, 2.75) is 31.4 Å². The molecule has 1 aliphatic rings. The van der Waals surface area contributed by atoms with E-state index in [9.17, 15) is 9.90 Å². The zero-order valence-electron chi connectivity index (χ0n) is 9.03. The third kappa shape index (κ3) is 2.20. The molecule has 0 aliphatic heterocycles. The summed E-state index contributed by atoms with van der Waals surface area (Å²) in [5, 5.41) is 13.7. The van der Waals surface area contributed by atoms with Crippen LogP contribution in [-0.2, 0) is 4.79 Å². The largest absolute Gasteiger partial charge is 0.386 e. The molecule has 0 spiro atoms. The highest BCUT2D eigenvalue weighted by Gasteiger charge is 2.50. The van der Waals surface area contributed by atoms with Gasteiger partial charge in [0.05, 0.1) is 5.54 Å². The summed E-state index contributed by atoms with van der Waals surface area (Å²) in [4.78, 5) is 11.0. The first-order chi connectivity index (χ1) is 7.53.